The van der Waals surface area contributed by atoms with Gasteiger partial charge in [-0.1, -0.05) is 41.5 Å². The van der Waals surface area contributed by atoms with E-state index in [0.717, 1.165) is 24.8 Å². The Morgan fingerprint density at radius 3 is 2.36 bits per heavy atom. The second kappa shape index (κ2) is 5.54. The molecule has 0 saturated heterocycles. The summed E-state index contributed by atoms with van der Waals surface area (Å²) in [5.41, 5.74) is 6.38. The number of hydrogen-bond donors (Lipinski definition) is 1. The SMILES string of the molecule is NC(=S)CCCc1c(Cl)cccc1Cl. The van der Waals surface area contributed by atoms with E-state index in [-0.39, 0.29) is 0 Å². The summed E-state index contributed by atoms with van der Waals surface area (Å²) in [4.78, 5) is 0.535. The highest BCUT2D eigenvalue weighted by atomic mass is 35.5. The highest BCUT2D eigenvalue weighted by Gasteiger charge is 2.04. The second-order valence-electron chi connectivity index (χ2n) is 3.02. The first-order valence-electron chi connectivity index (χ1n) is 4.32. The van der Waals surface area contributed by atoms with Gasteiger partial charge in [-0.15, -0.1) is 0 Å². The predicted octanol–water partition coefficient (Wildman–Crippen LogP) is 3.60. The van der Waals surface area contributed by atoms with Gasteiger partial charge in [-0.2, -0.15) is 0 Å². The van der Waals surface area contributed by atoms with Crippen LogP contribution >= 0.6 is 35.4 Å². The minimum atomic E-state index is 0.535. The van der Waals surface area contributed by atoms with Crippen LogP contribution in [0.2, 0.25) is 10.0 Å². The monoisotopic (exact) mass is 247 g/mol. The van der Waals surface area contributed by atoms with E-state index in [1.165, 1.54) is 0 Å². The van der Waals surface area contributed by atoms with Crippen molar-refractivity contribution in [3.05, 3.63) is 33.8 Å². The molecule has 0 fully saturated rings. The zero-order valence-corrected chi connectivity index (χ0v) is 9.92. The third-order valence-electron chi connectivity index (χ3n) is 1.91. The van der Waals surface area contributed by atoms with Crippen LogP contribution in [0.3, 0.4) is 0 Å². The van der Waals surface area contributed by atoms with Crippen LogP contribution in [0.1, 0.15) is 18.4 Å². The molecule has 0 aromatic heterocycles. The van der Waals surface area contributed by atoms with Crippen LogP contribution in [0.5, 0.6) is 0 Å². The first kappa shape index (κ1) is 11.8. The quantitative estimate of drug-likeness (QED) is 0.824. The molecule has 0 aliphatic rings. The molecule has 76 valence electrons. The lowest BCUT2D eigenvalue weighted by Crippen LogP contribution is -2.07. The fraction of sp³-hybridized carbons (Fsp3) is 0.300. The molecule has 1 aromatic rings. The van der Waals surface area contributed by atoms with Crippen molar-refractivity contribution >= 4 is 40.4 Å². The van der Waals surface area contributed by atoms with Crippen LogP contribution in [-0.4, -0.2) is 4.99 Å². The normalized spacial score (nSPS) is 10.1. The fourth-order valence-corrected chi connectivity index (χ4v) is 1.94. The maximum Gasteiger partial charge on any atom is 0.0727 e. The Morgan fingerprint density at radius 1 is 1.29 bits per heavy atom. The Kier molecular flexibility index (Phi) is 4.66. The molecule has 0 amide bonds. The van der Waals surface area contributed by atoms with Gasteiger partial charge in [0.1, 0.15) is 0 Å². The molecule has 1 aromatic carbocycles. The van der Waals surface area contributed by atoms with Crippen LogP contribution in [0.4, 0.5) is 0 Å². The number of nitrogens with two attached hydrogens (primary N) is 1. The van der Waals surface area contributed by atoms with Gasteiger partial charge in [-0.25, -0.2) is 0 Å². The minimum absolute atomic E-state index is 0.535. The number of thiocarbonyl (C=S) groups is 1. The van der Waals surface area contributed by atoms with Crippen molar-refractivity contribution < 1.29 is 0 Å². The molecule has 1 nitrogen and oxygen atoms in total. The highest BCUT2D eigenvalue weighted by Crippen LogP contribution is 2.25. The molecular formula is C10H11Cl2NS. The van der Waals surface area contributed by atoms with Crippen molar-refractivity contribution in [3.63, 3.8) is 0 Å². The largest absolute Gasteiger partial charge is 0.393 e. The fourth-order valence-electron chi connectivity index (χ4n) is 1.21. The van der Waals surface area contributed by atoms with Crippen LogP contribution in [0, 0.1) is 0 Å². The van der Waals surface area contributed by atoms with Crippen molar-refractivity contribution in [2.24, 2.45) is 5.73 Å². The Morgan fingerprint density at radius 2 is 1.86 bits per heavy atom. The van der Waals surface area contributed by atoms with Gasteiger partial charge >= 0.3 is 0 Å². The van der Waals surface area contributed by atoms with Gasteiger partial charge in [0.05, 0.1) is 4.99 Å². The van der Waals surface area contributed by atoms with Gasteiger partial charge in [-0.05, 0) is 37.0 Å². The molecule has 0 bridgehead atoms. The molecular weight excluding hydrogens is 237 g/mol. The maximum absolute atomic E-state index is 6.00. The lowest BCUT2D eigenvalue weighted by atomic mass is 10.1. The van der Waals surface area contributed by atoms with E-state index in [4.69, 9.17) is 41.2 Å². The zero-order valence-electron chi connectivity index (χ0n) is 7.59. The summed E-state index contributed by atoms with van der Waals surface area (Å²) < 4.78 is 0. The Labute approximate surface area is 99.2 Å². The van der Waals surface area contributed by atoms with Gasteiger partial charge in [0, 0.05) is 10.0 Å². The summed E-state index contributed by atoms with van der Waals surface area (Å²) in [7, 11) is 0. The van der Waals surface area contributed by atoms with E-state index >= 15 is 0 Å². The number of benzene rings is 1. The van der Waals surface area contributed by atoms with Crippen molar-refractivity contribution in [1.29, 1.82) is 0 Å². The molecule has 0 heterocycles. The zero-order chi connectivity index (χ0) is 10.6. The van der Waals surface area contributed by atoms with E-state index < -0.39 is 0 Å². The maximum atomic E-state index is 6.00. The summed E-state index contributed by atoms with van der Waals surface area (Å²) in [6, 6.07) is 5.51. The molecule has 0 unspecified atom stereocenters. The minimum Gasteiger partial charge on any atom is -0.393 e. The van der Waals surface area contributed by atoms with Crippen LogP contribution in [-0.2, 0) is 6.42 Å². The van der Waals surface area contributed by atoms with Gasteiger partial charge in [0.2, 0.25) is 0 Å². The third-order valence-corrected chi connectivity index (χ3v) is 2.82. The smallest absolute Gasteiger partial charge is 0.0727 e. The molecule has 0 aliphatic heterocycles. The van der Waals surface area contributed by atoms with E-state index in [2.05, 4.69) is 0 Å². The summed E-state index contributed by atoms with van der Waals surface area (Å²) in [5.74, 6) is 0. The summed E-state index contributed by atoms with van der Waals surface area (Å²) >= 11 is 16.8. The molecule has 0 spiro atoms. The molecule has 0 atom stereocenters. The summed E-state index contributed by atoms with van der Waals surface area (Å²) in [6.45, 7) is 0. The van der Waals surface area contributed by atoms with Gasteiger partial charge < -0.3 is 5.73 Å². The van der Waals surface area contributed by atoms with E-state index in [1.54, 1.807) is 0 Å². The molecule has 0 radical (unpaired) electrons. The lowest BCUT2D eigenvalue weighted by molar-refractivity contribution is 0.868. The van der Waals surface area contributed by atoms with E-state index in [9.17, 15) is 0 Å². The first-order valence-corrected chi connectivity index (χ1v) is 5.49. The van der Waals surface area contributed by atoms with Crippen molar-refractivity contribution in [1.82, 2.24) is 0 Å². The lowest BCUT2D eigenvalue weighted by Gasteiger charge is -2.05. The van der Waals surface area contributed by atoms with Gasteiger partial charge in [0.15, 0.2) is 0 Å². The Hall–Kier alpha value is -0.310. The molecule has 2 N–H and O–H groups in total. The molecule has 4 heteroatoms. The van der Waals surface area contributed by atoms with Crippen molar-refractivity contribution in [2.45, 2.75) is 19.3 Å². The Balaban J connectivity index is 2.62. The van der Waals surface area contributed by atoms with Crippen molar-refractivity contribution in [3.8, 4) is 0 Å². The van der Waals surface area contributed by atoms with E-state index in [1.807, 2.05) is 18.2 Å². The summed E-state index contributed by atoms with van der Waals surface area (Å²) in [5, 5.41) is 1.42. The number of halogens is 2. The third kappa shape index (κ3) is 3.45. The topological polar surface area (TPSA) is 26.0 Å². The van der Waals surface area contributed by atoms with Crippen molar-refractivity contribution in [2.75, 3.05) is 0 Å². The Bertz CT molecular complexity index is 319. The van der Waals surface area contributed by atoms with Gasteiger partial charge in [-0.3, -0.25) is 0 Å². The van der Waals surface area contributed by atoms with Crippen LogP contribution < -0.4 is 5.73 Å². The average molecular weight is 248 g/mol. The molecule has 1 rings (SSSR count). The number of rotatable bonds is 4. The van der Waals surface area contributed by atoms with Crippen LogP contribution in [0.25, 0.3) is 0 Å². The summed E-state index contributed by atoms with van der Waals surface area (Å²) in [6.07, 6.45) is 2.44. The molecule has 0 saturated carbocycles. The van der Waals surface area contributed by atoms with Crippen LogP contribution in [0.15, 0.2) is 18.2 Å². The molecule has 14 heavy (non-hydrogen) atoms. The van der Waals surface area contributed by atoms with Gasteiger partial charge in [0.25, 0.3) is 0 Å². The molecule has 0 aliphatic carbocycles. The second-order valence-corrected chi connectivity index (χ2v) is 4.36. The predicted molar refractivity (Wildman–Crippen MR) is 66.2 cm³/mol. The highest BCUT2D eigenvalue weighted by molar-refractivity contribution is 7.80. The average Bonchev–Trinajstić information content (AvgIpc) is 2.09. The number of hydrogen-bond acceptors (Lipinski definition) is 1. The first-order chi connectivity index (χ1) is 6.61. The standard InChI is InChI=1S/C10H11Cl2NS/c11-8-4-2-5-9(12)7(8)3-1-6-10(13)14/h2,4-5H,1,3,6H2,(H2,13,14). The van der Waals surface area contributed by atoms with E-state index in [0.29, 0.717) is 15.0 Å².